The van der Waals surface area contributed by atoms with Gasteiger partial charge in [0.2, 0.25) is 0 Å². The minimum atomic E-state index is 0.0548. The van der Waals surface area contributed by atoms with E-state index in [1.807, 2.05) is 6.07 Å². The monoisotopic (exact) mass is 253 g/mol. The van der Waals surface area contributed by atoms with Gasteiger partial charge in [-0.3, -0.25) is 0 Å². The van der Waals surface area contributed by atoms with E-state index in [0.29, 0.717) is 5.92 Å². The van der Waals surface area contributed by atoms with Gasteiger partial charge in [0.15, 0.2) is 0 Å². The lowest BCUT2D eigenvalue weighted by Crippen LogP contribution is -2.17. The SMILES string of the molecule is CCCc1cccc(C(N)C(C)c2ccccc2)c1. The summed E-state index contributed by atoms with van der Waals surface area (Å²) in [6.07, 6.45) is 2.30. The van der Waals surface area contributed by atoms with Gasteiger partial charge in [-0.2, -0.15) is 0 Å². The summed E-state index contributed by atoms with van der Waals surface area (Å²) >= 11 is 0. The molecular formula is C18H23N. The largest absolute Gasteiger partial charge is 0.323 e. The minimum absolute atomic E-state index is 0.0548. The van der Waals surface area contributed by atoms with Crippen LogP contribution in [0, 0.1) is 0 Å². The molecule has 0 radical (unpaired) electrons. The fraction of sp³-hybridized carbons (Fsp3) is 0.333. The second-order valence-corrected chi connectivity index (χ2v) is 5.22. The summed E-state index contributed by atoms with van der Waals surface area (Å²) < 4.78 is 0. The predicted octanol–water partition coefficient (Wildman–Crippen LogP) is 4.44. The number of hydrogen-bond donors (Lipinski definition) is 1. The maximum absolute atomic E-state index is 6.44. The molecular weight excluding hydrogens is 230 g/mol. The molecule has 2 rings (SSSR count). The molecule has 1 heteroatoms. The molecule has 0 saturated carbocycles. The molecule has 0 aliphatic heterocycles. The van der Waals surface area contributed by atoms with E-state index in [2.05, 4.69) is 62.4 Å². The summed E-state index contributed by atoms with van der Waals surface area (Å²) in [5, 5.41) is 0. The zero-order valence-corrected chi connectivity index (χ0v) is 11.8. The average Bonchev–Trinajstić information content (AvgIpc) is 2.47. The van der Waals surface area contributed by atoms with Crippen molar-refractivity contribution < 1.29 is 0 Å². The van der Waals surface area contributed by atoms with E-state index in [-0.39, 0.29) is 6.04 Å². The molecule has 0 bridgehead atoms. The van der Waals surface area contributed by atoms with E-state index in [9.17, 15) is 0 Å². The van der Waals surface area contributed by atoms with Crippen LogP contribution in [0.25, 0.3) is 0 Å². The van der Waals surface area contributed by atoms with Crippen molar-refractivity contribution in [2.75, 3.05) is 0 Å². The molecule has 100 valence electrons. The van der Waals surface area contributed by atoms with Crippen LogP contribution in [0.5, 0.6) is 0 Å². The summed E-state index contributed by atoms with van der Waals surface area (Å²) in [4.78, 5) is 0. The first kappa shape index (κ1) is 13.8. The van der Waals surface area contributed by atoms with Gasteiger partial charge >= 0.3 is 0 Å². The summed E-state index contributed by atoms with van der Waals surface area (Å²) in [6.45, 7) is 4.41. The van der Waals surface area contributed by atoms with Gasteiger partial charge in [0.05, 0.1) is 0 Å². The first-order valence-electron chi connectivity index (χ1n) is 7.11. The first-order chi connectivity index (χ1) is 9.22. The fourth-order valence-electron chi connectivity index (χ4n) is 2.50. The van der Waals surface area contributed by atoms with E-state index in [0.717, 1.165) is 6.42 Å². The Morgan fingerprint density at radius 1 is 0.947 bits per heavy atom. The maximum Gasteiger partial charge on any atom is 0.0361 e. The van der Waals surface area contributed by atoms with E-state index in [4.69, 9.17) is 5.73 Å². The van der Waals surface area contributed by atoms with Crippen LogP contribution in [0.15, 0.2) is 54.6 Å². The molecule has 0 aromatic heterocycles. The van der Waals surface area contributed by atoms with Crippen molar-refractivity contribution in [1.29, 1.82) is 0 Å². The van der Waals surface area contributed by atoms with Crippen LogP contribution < -0.4 is 5.73 Å². The zero-order valence-electron chi connectivity index (χ0n) is 11.8. The molecule has 0 saturated heterocycles. The van der Waals surface area contributed by atoms with Gasteiger partial charge in [0.25, 0.3) is 0 Å². The Morgan fingerprint density at radius 3 is 2.32 bits per heavy atom. The zero-order chi connectivity index (χ0) is 13.7. The lowest BCUT2D eigenvalue weighted by Gasteiger charge is -2.21. The molecule has 2 aromatic carbocycles. The molecule has 0 heterocycles. The second-order valence-electron chi connectivity index (χ2n) is 5.22. The third kappa shape index (κ3) is 3.45. The Balaban J connectivity index is 2.19. The van der Waals surface area contributed by atoms with Crippen molar-refractivity contribution in [3.8, 4) is 0 Å². The fourth-order valence-corrected chi connectivity index (χ4v) is 2.50. The Kier molecular flexibility index (Phi) is 4.75. The van der Waals surface area contributed by atoms with Crippen molar-refractivity contribution >= 4 is 0 Å². The van der Waals surface area contributed by atoms with Gasteiger partial charge in [0, 0.05) is 12.0 Å². The standard InChI is InChI=1S/C18H23N/c1-3-8-15-9-7-12-17(13-15)18(19)14(2)16-10-5-4-6-11-16/h4-7,9-14,18H,3,8,19H2,1-2H3. The first-order valence-corrected chi connectivity index (χ1v) is 7.11. The summed E-state index contributed by atoms with van der Waals surface area (Å²) in [5.41, 5.74) is 10.4. The van der Waals surface area contributed by atoms with Crippen molar-refractivity contribution in [3.05, 3.63) is 71.3 Å². The Bertz CT molecular complexity index is 504. The van der Waals surface area contributed by atoms with Crippen LogP contribution in [0.1, 0.15) is 48.9 Å². The van der Waals surface area contributed by atoms with Gasteiger partial charge in [-0.15, -0.1) is 0 Å². The number of rotatable bonds is 5. The van der Waals surface area contributed by atoms with E-state index in [1.54, 1.807) is 0 Å². The molecule has 2 atom stereocenters. The van der Waals surface area contributed by atoms with E-state index in [1.165, 1.54) is 23.1 Å². The normalized spacial score (nSPS) is 14.1. The molecule has 2 N–H and O–H groups in total. The average molecular weight is 253 g/mol. The third-order valence-electron chi connectivity index (χ3n) is 3.74. The molecule has 0 aliphatic rings. The predicted molar refractivity (Wildman–Crippen MR) is 82.2 cm³/mol. The van der Waals surface area contributed by atoms with Gasteiger partial charge in [-0.1, -0.05) is 74.9 Å². The van der Waals surface area contributed by atoms with Crippen LogP contribution >= 0.6 is 0 Å². The van der Waals surface area contributed by atoms with Crippen molar-refractivity contribution in [3.63, 3.8) is 0 Å². The minimum Gasteiger partial charge on any atom is -0.323 e. The van der Waals surface area contributed by atoms with Crippen molar-refractivity contribution in [1.82, 2.24) is 0 Å². The van der Waals surface area contributed by atoms with Crippen molar-refractivity contribution in [2.24, 2.45) is 5.73 Å². The maximum atomic E-state index is 6.44. The highest BCUT2D eigenvalue weighted by molar-refractivity contribution is 5.30. The van der Waals surface area contributed by atoms with Crippen LogP contribution in [-0.2, 0) is 6.42 Å². The molecule has 19 heavy (non-hydrogen) atoms. The van der Waals surface area contributed by atoms with E-state index >= 15 is 0 Å². The van der Waals surface area contributed by atoms with Crippen LogP contribution in [0.3, 0.4) is 0 Å². The number of hydrogen-bond acceptors (Lipinski definition) is 1. The Hall–Kier alpha value is -1.60. The van der Waals surface area contributed by atoms with Crippen molar-refractivity contribution in [2.45, 2.75) is 38.6 Å². The third-order valence-corrected chi connectivity index (χ3v) is 3.74. The topological polar surface area (TPSA) is 26.0 Å². The highest BCUT2D eigenvalue weighted by Crippen LogP contribution is 2.28. The number of benzene rings is 2. The van der Waals surface area contributed by atoms with Crippen LogP contribution in [0.4, 0.5) is 0 Å². The van der Waals surface area contributed by atoms with Crippen LogP contribution in [-0.4, -0.2) is 0 Å². The highest BCUT2D eigenvalue weighted by atomic mass is 14.6. The van der Waals surface area contributed by atoms with Gasteiger partial charge < -0.3 is 5.73 Å². The lowest BCUT2D eigenvalue weighted by atomic mass is 9.88. The number of aryl methyl sites for hydroxylation is 1. The lowest BCUT2D eigenvalue weighted by molar-refractivity contribution is 0.597. The molecule has 0 amide bonds. The highest BCUT2D eigenvalue weighted by Gasteiger charge is 2.16. The smallest absolute Gasteiger partial charge is 0.0361 e. The van der Waals surface area contributed by atoms with Crippen LogP contribution in [0.2, 0.25) is 0 Å². The second kappa shape index (κ2) is 6.53. The molecule has 0 fully saturated rings. The molecule has 0 spiro atoms. The quantitative estimate of drug-likeness (QED) is 0.837. The van der Waals surface area contributed by atoms with Gasteiger partial charge in [-0.25, -0.2) is 0 Å². The molecule has 0 aliphatic carbocycles. The molecule has 2 unspecified atom stereocenters. The summed E-state index contributed by atoms with van der Waals surface area (Å²) in [5.74, 6) is 0.332. The number of nitrogens with two attached hydrogens (primary N) is 1. The Morgan fingerprint density at radius 2 is 1.63 bits per heavy atom. The molecule has 2 aromatic rings. The Labute approximate surface area is 116 Å². The summed E-state index contributed by atoms with van der Waals surface area (Å²) in [7, 11) is 0. The van der Waals surface area contributed by atoms with E-state index < -0.39 is 0 Å². The van der Waals surface area contributed by atoms with Gasteiger partial charge in [-0.05, 0) is 23.1 Å². The van der Waals surface area contributed by atoms with Gasteiger partial charge in [0.1, 0.15) is 0 Å². The molecule has 1 nitrogen and oxygen atoms in total. The summed E-state index contributed by atoms with van der Waals surface area (Å²) in [6, 6.07) is 19.3.